The van der Waals surface area contributed by atoms with Crippen LogP contribution in [0.25, 0.3) is 0 Å². The Morgan fingerprint density at radius 1 is 1.23 bits per heavy atom. The van der Waals surface area contributed by atoms with Gasteiger partial charge in [-0.3, -0.25) is 4.79 Å². The highest BCUT2D eigenvalue weighted by Gasteiger charge is 2.28. The Morgan fingerprint density at radius 3 is 2.55 bits per heavy atom. The zero-order valence-electron chi connectivity index (χ0n) is 12.0. The lowest BCUT2D eigenvalue weighted by molar-refractivity contribution is 0.0974. The average Bonchev–Trinajstić information content (AvgIpc) is 3.09. The van der Waals surface area contributed by atoms with Gasteiger partial charge >= 0.3 is 0 Å². The fraction of sp³-hybridized carbons (Fsp3) is 0.235. The van der Waals surface area contributed by atoms with E-state index in [1.807, 2.05) is 35.7 Å². The predicted octanol–water partition coefficient (Wildman–Crippen LogP) is 3.78. The van der Waals surface area contributed by atoms with Gasteiger partial charge in [0.05, 0.1) is 24.1 Å². The van der Waals surface area contributed by atoms with E-state index in [4.69, 9.17) is 4.74 Å². The standard InChI is InChI=1S/C17H14N2O2S/c1-21-16-6-3-2-5-13(16)14(12(10-18)11-19)9-15(20)17-7-4-8-22-17/h2-8,12,14H,9H2,1H3. The van der Waals surface area contributed by atoms with Crippen LogP contribution in [0, 0.1) is 28.6 Å². The minimum atomic E-state index is -0.903. The Hall–Kier alpha value is -2.63. The van der Waals surface area contributed by atoms with Crippen LogP contribution in [0.5, 0.6) is 5.75 Å². The summed E-state index contributed by atoms with van der Waals surface area (Å²) in [4.78, 5) is 13.0. The van der Waals surface area contributed by atoms with Crippen LogP contribution in [0.15, 0.2) is 41.8 Å². The number of thiophene rings is 1. The van der Waals surface area contributed by atoms with Crippen LogP contribution >= 0.6 is 11.3 Å². The molecule has 1 atom stereocenters. The Morgan fingerprint density at radius 2 is 1.95 bits per heavy atom. The van der Waals surface area contributed by atoms with E-state index in [2.05, 4.69) is 0 Å². The topological polar surface area (TPSA) is 73.9 Å². The van der Waals surface area contributed by atoms with E-state index in [9.17, 15) is 15.3 Å². The summed E-state index contributed by atoms with van der Waals surface area (Å²) in [6, 6.07) is 14.7. The summed E-state index contributed by atoms with van der Waals surface area (Å²) in [7, 11) is 1.53. The first-order valence-electron chi connectivity index (χ1n) is 6.70. The van der Waals surface area contributed by atoms with Crippen molar-refractivity contribution in [3.8, 4) is 17.9 Å². The van der Waals surface area contributed by atoms with Crippen LogP contribution in [0.4, 0.5) is 0 Å². The second-order valence-corrected chi connectivity index (χ2v) is 5.64. The molecule has 2 rings (SSSR count). The molecule has 1 aromatic heterocycles. The number of hydrogen-bond donors (Lipinski definition) is 0. The molecule has 0 aliphatic rings. The number of Topliss-reactive ketones (excluding diaryl/α,β-unsaturated/α-hetero) is 1. The number of ketones is 1. The maximum Gasteiger partial charge on any atom is 0.173 e. The van der Waals surface area contributed by atoms with Gasteiger partial charge in [0.15, 0.2) is 5.78 Å². The normalized spacial score (nSPS) is 11.5. The van der Waals surface area contributed by atoms with Crippen molar-refractivity contribution < 1.29 is 9.53 Å². The molecule has 22 heavy (non-hydrogen) atoms. The monoisotopic (exact) mass is 310 g/mol. The maximum atomic E-state index is 12.4. The SMILES string of the molecule is COc1ccccc1C(CC(=O)c1cccs1)C(C#N)C#N. The van der Waals surface area contributed by atoms with E-state index in [1.165, 1.54) is 18.4 Å². The highest BCUT2D eigenvalue weighted by atomic mass is 32.1. The molecular weight excluding hydrogens is 296 g/mol. The first kappa shape index (κ1) is 15.8. The van der Waals surface area contributed by atoms with Crippen molar-refractivity contribution in [3.63, 3.8) is 0 Å². The van der Waals surface area contributed by atoms with Crippen LogP contribution in [0.2, 0.25) is 0 Å². The Balaban J connectivity index is 2.38. The van der Waals surface area contributed by atoms with Gasteiger partial charge in [0.25, 0.3) is 0 Å². The van der Waals surface area contributed by atoms with Gasteiger partial charge in [0, 0.05) is 17.9 Å². The van der Waals surface area contributed by atoms with E-state index in [0.29, 0.717) is 16.2 Å². The fourth-order valence-electron chi connectivity index (χ4n) is 2.33. The van der Waals surface area contributed by atoms with Gasteiger partial charge in [-0.2, -0.15) is 10.5 Å². The number of nitrogens with zero attached hydrogens (tertiary/aromatic N) is 2. The highest BCUT2D eigenvalue weighted by molar-refractivity contribution is 7.12. The molecule has 0 saturated heterocycles. The van der Waals surface area contributed by atoms with E-state index in [0.717, 1.165) is 0 Å². The molecule has 0 fully saturated rings. The van der Waals surface area contributed by atoms with Crippen LogP contribution in [0.3, 0.4) is 0 Å². The maximum absolute atomic E-state index is 12.4. The lowest BCUT2D eigenvalue weighted by Gasteiger charge is -2.19. The summed E-state index contributed by atoms with van der Waals surface area (Å²) in [6.07, 6.45) is 0.104. The summed E-state index contributed by atoms with van der Waals surface area (Å²) < 4.78 is 5.31. The third-order valence-electron chi connectivity index (χ3n) is 3.42. The van der Waals surface area contributed by atoms with Crippen LogP contribution in [0.1, 0.15) is 27.6 Å². The second kappa shape index (κ2) is 7.40. The number of nitriles is 2. The molecule has 0 spiro atoms. The van der Waals surface area contributed by atoms with E-state index in [1.54, 1.807) is 18.2 Å². The number of carbonyl (C=O) groups excluding carboxylic acids is 1. The van der Waals surface area contributed by atoms with Crippen LogP contribution in [-0.4, -0.2) is 12.9 Å². The molecule has 1 heterocycles. The number of para-hydroxylation sites is 1. The molecule has 0 saturated carbocycles. The molecular formula is C17H14N2O2S. The largest absolute Gasteiger partial charge is 0.496 e. The number of hydrogen-bond acceptors (Lipinski definition) is 5. The average molecular weight is 310 g/mol. The van der Waals surface area contributed by atoms with Gasteiger partial charge < -0.3 is 4.74 Å². The zero-order chi connectivity index (χ0) is 15.9. The number of rotatable bonds is 6. The summed E-state index contributed by atoms with van der Waals surface area (Å²) >= 11 is 1.36. The Labute approximate surface area is 133 Å². The summed E-state index contributed by atoms with van der Waals surface area (Å²) in [5.41, 5.74) is 0.711. The smallest absolute Gasteiger partial charge is 0.173 e. The van der Waals surface area contributed by atoms with Gasteiger partial charge in [0.2, 0.25) is 0 Å². The van der Waals surface area contributed by atoms with Crippen molar-refractivity contribution in [1.82, 2.24) is 0 Å². The van der Waals surface area contributed by atoms with Crippen LogP contribution in [-0.2, 0) is 0 Å². The number of carbonyl (C=O) groups is 1. The molecule has 2 aromatic rings. The van der Waals surface area contributed by atoms with Crippen LogP contribution < -0.4 is 4.74 Å². The molecule has 0 bridgehead atoms. The molecule has 0 aliphatic carbocycles. The molecule has 0 N–H and O–H groups in total. The van der Waals surface area contributed by atoms with Crippen molar-refractivity contribution in [1.29, 1.82) is 10.5 Å². The highest BCUT2D eigenvalue weighted by Crippen LogP contribution is 2.35. The molecule has 4 nitrogen and oxygen atoms in total. The number of ether oxygens (including phenoxy) is 1. The molecule has 110 valence electrons. The molecule has 0 aliphatic heterocycles. The quantitative estimate of drug-likeness (QED) is 0.761. The summed E-state index contributed by atoms with van der Waals surface area (Å²) in [6.45, 7) is 0. The zero-order valence-corrected chi connectivity index (χ0v) is 12.8. The van der Waals surface area contributed by atoms with E-state index < -0.39 is 11.8 Å². The lowest BCUT2D eigenvalue weighted by Crippen LogP contribution is -2.15. The van der Waals surface area contributed by atoms with Gasteiger partial charge in [-0.1, -0.05) is 24.3 Å². The van der Waals surface area contributed by atoms with E-state index >= 15 is 0 Å². The lowest BCUT2D eigenvalue weighted by atomic mass is 9.83. The minimum absolute atomic E-state index is 0.0681. The van der Waals surface area contributed by atoms with Gasteiger partial charge in [-0.25, -0.2) is 0 Å². The van der Waals surface area contributed by atoms with Gasteiger partial charge in [0.1, 0.15) is 11.7 Å². The van der Waals surface area contributed by atoms with E-state index in [-0.39, 0.29) is 12.2 Å². The van der Waals surface area contributed by atoms with Crippen molar-refractivity contribution in [3.05, 3.63) is 52.2 Å². The first-order valence-corrected chi connectivity index (χ1v) is 7.58. The van der Waals surface area contributed by atoms with Crippen molar-refractivity contribution in [2.45, 2.75) is 12.3 Å². The van der Waals surface area contributed by atoms with Crippen molar-refractivity contribution in [2.24, 2.45) is 5.92 Å². The molecule has 5 heteroatoms. The number of benzene rings is 1. The predicted molar refractivity (Wildman–Crippen MR) is 83.7 cm³/mol. The minimum Gasteiger partial charge on any atom is -0.496 e. The molecule has 0 radical (unpaired) electrons. The summed E-state index contributed by atoms with van der Waals surface area (Å²) in [5.74, 6) is -0.899. The van der Waals surface area contributed by atoms with Gasteiger partial charge in [-0.05, 0) is 17.5 Å². The second-order valence-electron chi connectivity index (χ2n) is 4.69. The molecule has 1 unspecified atom stereocenters. The van der Waals surface area contributed by atoms with Crippen molar-refractivity contribution in [2.75, 3.05) is 7.11 Å². The van der Waals surface area contributed by atoms with Crippen molar-refractivity contribution >= 4 is 17.1 Å². The molecule has 0 amide bonds. The van der Waals surface area contributed by atoms with Gasteiger partial charge in [-0.15, -0.1) is 11.3 Å². The first-order chi connectivity index (χ1) is 10.7. The molecule has 1 aromatic carbocycles. The fourth-order valence-corrected chi connectivity index (χ4v) is 3.00. The third-order valence-corrected chi connectivity index (χ3v) is 4.33. The Kier molecular flexibility index (Phi) is 5.30. The number of methoxy groups -OCH3 is 1. The summed E-state index contributed by atoms with van der Waals surface area (Å²) in [5, 5.41) is 20.3. The Bertz CT molecular complexity index is 712. The third kappa shape index (κ3) is 3.33.